The molecule has 0 spiro atoms. The van der Waals surface area contributed by atoms with E-state index >= 15 is 0 Å². The summed E-state index contributed by atoms with van der Waals surface area (Å²) in [5, 5.41) is 9.65. The van der Waals surface area contributed by atoms with E-state index in [9.17, 15) is 14.3 Å². The second-order valence-corrected chi connectivity index (χ2v) is 4.75. The predicted molar refractivity (Wildman–Crippen MR) is 62.8 cm³/mol. The molecule has 1 aromatic rings. The van der Waals surface area contributed by atoms with Crippen molar-refractivity contribution in [1.29, 1.82) is 0 Å². The van der Waals surface area contributed by atoms with Crippen molar-refractivity contribution in [3.8, 4) is 5.75 Å². The lowest BCUT2D eigenvalue weighted by Gasteiger charge is -2.29. The summed E-state index contributed by atoms with van der Waals surface area (Å²) in [5.41, 5.74) is 0.0121. The first kappa shape index (κ1) is 12.2. The maximum atomic E-state index is 13.0. The average molecular weight is 258 g/mol. The zero-order valence-corrected chi connectivity index (χ0v) is 9.95. The fourth-order valence-corrected chi connectivity index (χ4v) is 2.10. The number of piperidine rings is 1. The average Bonchev–Trinajstić information content (AvgIpc) is 2.32. The first-order valence-electron chi connectivity index (χ1n) is 5.50. The van der Waals surface area contributed by atoms with Crippen LogP contribution in [0.3, 0.4) is 0 Å². The van der Waals surface area contributed by atoms with E-state index in [1.807, 2.05) is 0 Å². The third-order valence-corrected chi connectivity index (χ3v) is 3.34. The summed E-state index contributed by atoms with van der Waals surface area (Å²) in [4.78, 5) is 13.6. The number of carbonyl (C=O) groups excluding carboxylic acids is 1. The number of rotatable bonds is 1. The Morgan fingerprint density at radius 3 is 2.71 bits per heavy atom. The highest BCUT2D eigenvalue weighted by atomic mass is 35.5. The van der Waals surface area contributed by atoms with Gasteiger partial charge in [0, 0.05) is 18.5 Å². The zero-order chi connectivity index (χ0) is 12.4. The molecule has 0 bridgehead atoms. The van der Waals surface area contributed by atoms with Gasteiger partial charge in [-0.3, -0.25) is 4.79 Å². The van der Waals surface area contributed by atoms with Gasteiger partial charge in [0.2, 0.25) is 0 Å². The molecule has 0 atom stereocenters. The highest BCUT2D eigenvalue weighted by molar-refractivity contribution is 6.20. The van der Waals surface area contributed by atoms with Crippen LogP contribution in [0.25, 0.3) is 0 Å². The minimum absolute atomic E-state index is 0.0121. The standard InChI is InChI=1S/C12H13ClFNO2/c13-8-3-5-15(6-4-8)12(17)10-7-9(14)1-2-11(10)16/h1-2,7-8,16H,3-6H2. The van der Waals surface area contributed by atoms with E-state index in [0.29, 0.717) is 13.1 Å². The number of aromatic hydroxyl groups is 1. The lowest BCUT2D eigenvalue weighted by Crippen LogP contribution is -2.38. The number of nitrogens with zero attached hydrogens (tertiary/aromatic N) is 1. The van der Waals surface area contributed by atoms with Gasteiger partial charge in [-0.1, -0.05) is 0 Å². The minimum atomic E-state index is -0.529. The van der Waals surface area contributed by atoms with E-state index < -0.39 is 5.82 Å². The Hall–Kier alpha value is -1.29. The van der Waals surface area contributed by atoms with E-state index in [1.54, 1.807) is 4.90 Å². The number of hydrogen-bond acceptors (Lipinski definition) is 2. The molecule has 1 N–H and O–H groups in total. The molecule has 1 aliphatic heterocycles. The molecule has 0 unspecified atom stereocenters. The summed E-state index contributed by atoms with van der Waals surface area (Å²) < 4.78 is 13.0. The maximum Gasteiger partial charge on any atom is 0.257 e. The minimum Gasteiger partial charge on any atom is -0.507 e. The van der Waals surface area contributed by atoms with E-state index in [4.69, 9.17) is 11.6 Å². The molecule has 17 heavy (non-hydrogen) atoms. The lowest BCUT2D eigenvalue weighted by molar-refractivity contribution is 0.0723. The number of hydrogen-bond donors (Lipinski definition) is 1. The van der Waals surface area contributed by atoms with Gasteiger partial charge in [0.15, 0.2) is 0 Å². The van der Waals surface area contributed by atoms with Crippen LogP contribution in [0.1, 0.15) is 23.2 Å². The van der Waals surface area contributed by atoms with Crippen molar-refractivity contribution in [3.05, 3.63) is 29.6 Å². The summed E-state index contributed by atoms with van der Waals surface area (Å²) in [5.74, 6) is -1.06. The van der Waals surface area contributed by atoms with Gasteiger partial charge < -0.3 is 10.0 Å². The Balaban J connectivity index is 2.16. The molecule has 1 heterocycles. The van der Waals surface area contributed by atoms with Gasteiger partial charge in [0.1, 0.15) is 11.6 Å². The Morgan fingerprint density at radius 1 is 1.41 bits per heavy atom. The molecule has 3 nitrogen and oxygen atoms in total. The molecule has 92 valence electrons. The Bertz CT molecular complexity index is 431. The van der Waals surface area contributed by atoms with E-state index in [2.05, 4.69) is 0 Å². The number of halogens is 2. The van der Waals surface area contributed by atoms with Crippen LogP contribution in [0, 0.1) is 5.82 Å². The molecule has 0 aromatic heterocycles. The van der Waals surface area contributed by atoms with Gasteiger partial charge in [-0.15, -0.1) is 11.6 Å². The number of alkyl halides is 1. The number of phenolic OH excluding ortho intramolecular Hbond substituents is 1. The van der Waals surface area contributed by atoms with Crippen LogP contribution in [0.2, 0.25) is 0 Å². The lowest BCUT2D eigenvalue weighted by atomic mass is 10.1. The highest BCUT2D eigenvalue weighted by Crippen LogP contribution is 2.23. The van der Waals surface area contributed by atoms with Crippen LogP contribution in [-0.4, -0.2) is 34.4 Å². The molecule has 1 aromatic carbocycles. The first-order chi connectivity index (χ1) is 8.08. The van der Waals surface area contributed by atoms with Crippen molar-refractivity contribution in [1.82, 2.24) is 4.90 Å². The van der Waals surface area contributed by atoms with E-state index in [-0.39, 0.29) is 22.6 Å². The van der Waals surface area contributed by atoms with Crippen molar-refractivity contribution >= 4 is 17.5 Å². The summed E-state index contributed by atoms with van der Waals surface area (Å²) in [6.45, 7) is 1.09. The van der Waals surface area contributed by atoms with Gasteiger partial charge in [-0.25, -0.2) is 4.39 Å². The summed E-state index contributed by atoms with van der Waals surface area (Å²) in [6, 6.07) is 3.37. The smallest absolute Gasteiger partial charge is 0.257 e. The number of carbonyl (C=O) groups is 1. The molecule has 5 heteroatoms. The van der Waals surface area contributed by atoms with Crippen molar-refractivity contribution in [2.75, 3.05) is 13.1 Å². The SMILES string of the molecule is O=C(c1cc(F)ccc1O)N1CCC(Cl)CC1. The van der Waals surface area contributed by atoms with Crippen molar-refractivity contribution < 1.29 is 14.3 Å². The Morgan fingerprint density at radius 2 is 2.06 bits per heavy atom. The molecule has 2 rings (SSSR count). The first-order valence-corrected chi connectivity index (χ1v) is 5.93. The zero-order valence-electron chi connectivity index (χ0n) is 9.20. The summed E-state index contributed by atoms with van der Waals surface area (Å²) in [7, 11) is 0. The topological polar surface area (TPSA) is 40.5 Å². The number of likely N-dealkylation sites (tertiary alicyclic amines) is 1. The largest absolute Gasteiger partial charge is 0.507 e. The van der Waals surface area contributed by atoms with Gasteiger partial charge in [0.05, 0.1) is 5.56 Å². The normalized spacial score (nSPS) is 17.2. The second-order valence-electron chi connectivity index (χ2n) is 4.13. The van der Waals surface area contributed by atoms with E-state index in [0.717, 1.165) is 25.0 Å². The molecule has 1 aliphatic rings. The quantitative estimate of drug-likeness (QED) is 0.785. The maximum absolute atomic E-state index is 13.0. The van der Waals surface area contributed by atoms with Crippen molar-refractivity contribution in [2.24, 2.45) is 0 Å². The van der Waals surface area contributed by atoms with Gasteiger partial charge in [-0.2, -0.15) is 0 Å². The van der Waals surface area contributed by atoms with Crippen molar-refractivity contribution in [3.63, 3.8) is 0 Å². The van der Waals surface area contributed by atoms with E-state index in [1.165, 1.54) is 6.07 Å². The molecular formula is C12H13ClFNO2. The second kappa shape index (κ2) is 4.92. The molecule has 0 radical (unpaired) electrons. The third-order valence-electron chi connectivity index (χ3n) is 2.90. The molecule has 1 saturated heterocycles. The van der Waals surface area contributed by atoms with Gasteiger partial charge in [-0.05, 0) is 31.0 Å². The van der Waals surface area contributed by atoms with Gasteiger partial charge >= 0.3 is 0 Å². The molecule has 1 fully saturated rings. The number of phenols is 1. The van der Waals surface area contributed by atoms with Crippen LogP contribution < -0.4 is 0 Å². The monoisotopic (exact) mass is 257 g/mol. The van der Waals surface area contributed by atoms with Gasteiger partial charge in [0.25, 0.3) is 5.91 Å². The third kappa shape index (κ3) is 2.69. The van der Waals surface area contributed by atoms with Crippen LogP contribution >= 0.6 is 11.6 Å². The van der Waals surface area contributed by atoms with Crippen LogP contribution in [0.5, 0.6) is 5.75 Å². The predicted octanol–water partition coefficient (Wildman–Crippen LogP) is 2.37. The van der Waals surface area contributed by atoms with Crippen molar-refractivity contribution in [2.45, 2.75) is 18.2 Å². The Labute approximate surface area is 104 Å². The molecular weight excluding hydrogens is 245 g/mol. The molecule has 1 amide bonds. The van der Waals surface area contributed by atoms with Crippen LogP contribution in [0.15, 0.2) is 18.2 Å². The molecule has 0 saturated carbocycles. The summed E-state index contributed by atoms with van der Waals surface area (Å²) in [6.07, 6.45) is 1.45. The number of amides is 1. The fraction of sp³-hybridized carbons (Fsp3) is 0.417. The van der Waals surface area contributed by atoms with Crippen LogP contribution in [0.4, 0.5) is 4.39 Å². The Kier molecular flexibility index (Phi) is 3.52. The summed E-state index contributed by atoms with van der Waals surface area (Å²) >= 11 is 5.94. The highest BCUT2D eigenvalue weighted by Gasteiger charge is 2.24. The number of benzene rings is 1. The fourth-order valence-electron chi connectivity index (χ4n) is 1.90. The molecule has 0 aliphatic carbocycles. The van der Waals surface area contributed by atoms with Crippen LogP contribution in [-0.2, 0) is 0 Å².